The molecule has 0 heterocycles. The van der Waals surface area contributed by atoms with Gasteiger partial charge in [-0.3, -0.25) is 10.1 Å². The highest BCUT2D eigenvalue weighted by atomic mass is 32.2. The second kappa shape index (κ2) is 5.62. The van der Waals surface area contributed by atoms with Crippen LogP contribution in [0.25, 0.3) is 0 Å². The van der Waals surface area contributed by atoms with Gasteiger partial charge in [0.05, 0.1) is 10.6 Å². The molecule has 0 aliphatic heterocycles. The predicted molar refractivity (Wildman–Crippen MR) is 75.8 cm³/mol. The van der Waals surface area contributed by atoms with Crippen LogP contribution in [0, 0.1) is 10.1 Å². The first-order chi connectivity index (χ1) is 9.10. The molecule has 0 amide bonds. The number of benzene rings is 2. The van der Waals surface area contributed by atoms with Gasteiger partial charge in [-0.15, -0.1) is 11.8 Å². The Labute approximate surface area is 114 Å². The molecule has 0 fully saturated rings. The summed E-state index contributed by atoms with van der Waals surface area (Å²) >= 11 is 1.64. The van der Waals surface area contributed by atoms with Gasteiger partial charge in [-0.25, -0.2) is 0 Å². The molecule has 2 aromatic rings. The molecule has 0 radical (unpaired) electrons. The molecule has 0 aliphatic carbocycles. The first-order valence-electron chi connectivity index (χ1n) is 5.46. The van der Waals surface area contributed by atoms with E-state index >= 15 is 0 Å². The van der Waals surface area contributed by atoms with Gasteiger partial charge in [0.1, 0.15) is 5.75 Å². The summed E-state index contributed by atoms with van der Waals surface area (Å²) in [4.78, 5) is 11.2. The Morgan fingerprint density at radius 1 is 1.21 bits per heavy atom. The highest BCUT2D eigenvalue weighted by molar-refractivity contribution is 7.98. The van der Waals surface area contributed by atoms with E-state index in [2.05, 4.69) is 0 Å². The molecule has 19 heavy (non-hydrogen) atoms. The van der Waals surface area contributed by atoms with Gasteiger partial charge in [-0.2, -0.15) is 0 Å². The Morgan fingerprint density at radius 2 is 1.89 bits per heavy atom. The summed E-state index contributed by atoms with van der Waals surface area (Å²) in [5, 5.41) is 10.6. The van der Waals surface area contributed by atoms with Crippen LogP contribution in [0.3, 0.4) is 0 Å². The lowest BCUT2D eigenvalue weighted by molar-refractivity contribution is -0.384. The van der Waals surface area contributed by atoms with Crippen molar-refractivity contribution in [3.63, 3.8) is 0 Å². The summed E-state index contributed by atoms with van der Waals surface area (Å²) in [6.45, 7) is 0. The van der Waals surface area contributed by atoms with E-state index in [1.807, 2.05) is 30.5 Å². The second-order valence-electron chi connectivity index (χ2n) is 3.76. The van der Waals surface area contributed by atoms with Crippen molar-refractivity contribution in [1.29, 1.82) is 0 Å². The van der Waals surface area contributed by atoms with Crippen molar-refractivity contribution in [3.8, 4) is 11.5 Å². The van der Waals surface area contributed by atoms with Crippen LogP contribution in [0.1, 0.15) is 0 Å². The van der Waals surface area contributed by atoms with E-state index in [-0.39, 0.29) is 11.4 Å². The zero-order valence-electron chi connectivity index (χ0n) is 10.2. The summed E-state index contributed by atoms with van der Waals surface area (Å²) in [7, 11) is 0. The first kappa shape index (κ1) is 13.2. The molecule has 0 saturated carbocycles. The molecule has 6 heteroatoms. The maximum absolute atomic E-state index is 10.6. The van der Waals surface area contributed by atoms with Crippen molar-refractivity contribution in [2.75, 3.05) is 12.0 Å². The van der Waals surface area contributed by atoms with Crippen molar-refractivity contribution in [2.45, 2.75) is 4.90 Å². The molecule has 0 aliphatic rings. The largest absolute Gasteiger partial charge is 0.455 e. The number of non-ortho nitro benzene ring substituents is 1. The first-order valence-corrected chi connectivity index (χ1v) is 6.68. The number of anilines is 1. The Balaban J connectivity index is 2.20. The maximum Gasteiger partial charge on any atom is 0.271 e. The maximum atomic E-state index is 10.6. The molecule has 0 aromatic heterocycles. The highest BCUT2D eigenvalue weighted by Crippen LogP contribution is 2.31. The van der Waals surface area contributed by atoms with E-state index in [1.54, 1.807) is 11.8 Å². The van der Waals surface area contributed by atoms with E-state index in [9.17, 15) is 10.1 Å². The fraction of sp³-hybridized carbons (Fsp3) is 0.0769. The number of hydrogen-bond donors (Lipinski definition) is 1. The minimum Gasteiger partial charge on any atom is -0.455 e. The minimum atomic E-state index is -0.493. The number of hydrogen-bond acceptors (Lipinski definition) is 5. The van der Waals surface area contributed by atoms with Crippen LogP contribution >= 0.6 is 11.8 Å². The number of nitrogens with two attached hydrogens (primary N) is 1. The molecule has 2 rings (SSSR count). The number of nitrogen functional groups attached to an aromatic ring is 1. The lowest BCUT2D eigenvalue weighted by Gasteiger charge is -2.08. The fourth-order valence-corrected chi connectivity index (χ4v) is 1.92. The number of rotatable bonds is 4. The average Bonchev–Trinajstić information content (AvgIpc) is 2.41. The third-order valence-corrected chi connectivity index (χ3v) is 3.24. The van der Waals surface area contributed by atoms with Crippen molar-refractivity contribution in [3.05, 3.63) is 52.6 Å². The number of nitro benzene ring substituents is 1. The molecule has 0 atom stereocenters. The smallest absolute Gasteiger partial charge is 0.271 e. The van der Waals surface area contributed by atoms with Crippen LogP contribution in [0.5, 0.6) is 11.5 Å². The number of ether oxygens (including phenoxy) is 1. The van der Waals surface area contributed by atoms with Crippen molar-refractivity contribution in [1.82, 2.24) is 0 Å². The summed E-state index contributed by atoms with van der Waals surface area (Å²) in [6.07, 6.45) is 1.99. The Bertz CT molecular complexity index is 599. The normalized spacial score (nSPS) is 10.2. The van der Waals surface area contributed by atoms with E-state index in [1.165, 1.54) is 18.2 Å². The monoisotopic (exact) mass is 276 g/mol. The molecule has 2 N–H and O–H groups in total. The van der Waals surface area contributed by atoms with Crippen LogP contribution in [0.4, 0.5) is 11.4 Å². The van der Waals surface area contributed by atoms with Gasteiger partial charge in [-0.1, -0.05) is 0 Å². The topological polar surface area (TPSA) is 78.4 Å². The quantitative estimate of drug-likeness (QED) is 0.399. The van der Waals surface area contributed by atoms with Crippen molar-refractivity contribution < 1.29 is 9.66 Å². The summed E-state index contributed by atoms with van der Waals surface area (Å²) in [5.74, 6) is 1.04. The number of nitrogens with zero attached hydrogens (tertiary/aromatic N) is 1. The third kappa shape index (κ3) is 3.17. The lowest BCUT2D eigenvalue weighted by atomic mass is 10.2. The van der Waals surface area contributed by atoms with Crippen LogP contribution in [0.2, 0.25) is 0 Å². The Morgan fingerprint density at radius 3 is 2.42 bits per heavy atom. The predicted octanol–water partition coefficient (Wildman–Crippen LogP) is 3.69. The SMILES string of the molecule is CSc1ccc(Oc2ccc([N+](=O)[O-])cc2N)cc1. The van der Waals surface area contributed by atoms with Crippen molar-refractivity contribution >= 4 is 23.1 Å². The molecule has 5 nitrogen and oxygen atoms in total. The molecule has 0 unspecified atom stereocenters. The Hall–Kier alpha value is -2.21. The van der Waals surface area contributed by atoms with Gasteiger partial charge in [0.2, 0.25) is 0 Å². The van der Waals surface area contributed by atoms with Gasteiger partial charge >= 0.3 is 0 Å². The van der Waals surface area contributed by atoms with E-state index in [0.717, 1.165) is 4.90 Å². The molecular formula is C13H12N2O3S. The standard InChI is InChI=1S/C13H12N2O3S/c1-19-11-5-3-10(4-6-11)18-13-7-2-9(15(16)17)8-12(13)14/h2-8H,14H2,1H3. The summed E-state index contributed by atoms with van der Waals surface area (Å²) < 4.78 is 5.59. The van der Waals surface area contributed by atoms with E-state index in [4.69, 9.17) is 10.5 Å². The van der Waals surface area contributed by atoms with E-state index in [0.29, 0.717) is 11.5 Å². The molecule has 0 spiro atoms. The molecule has 0 bridgehead atoms. The second-order valence-corrected chi connectivity index (χ2v) is 4.64. The van der Waals surface area contributed by atoms with Crippen LogP contribution < -0.4 is 10.5 Å². The van der Waals surface area contributed by atoms with Crippen LogP contribution in [-0.2, 0) is 0 Å². The molecule has 0 saturated heterocycles. The number of nitro groups is 1. The van der Waals surface area contributed by atoms with Crippen molar-refractivity contribution in [2.24, 2.45) is 0 Å². The van der Waals surface area contributed by atoms with Crippen LogP contribution in [0.15, 0.2) is 47.4 Å². The minimum absolute atomic E-state index is 0.0532. The molecule has 2 aromatic carbocycles. The van der Waals surface area contributed by atoms with Gasteiger partial charge in [0, 0.05) is 17.0 Å². The number of thioether (sulfide) groups is 1. The summed E-state index contributed by atoms with van der Waals surface area (Å²) in [5.41, 5.74) is 5.92. The lowest BCUT2D eigenvalue weighted by Crippen LogP contribution is -1.95. The van der Waals surface area contributed by atoms with Gasteiger partial charge < -0.3 is 10.5 Å². The average molecular weight is 276 g/mol. The molecular weight excluding hydrogens is 264 g/mol. The third-order valence-electron chi connectivity index (χ3n) is 2.49. The van der Waals surface area contributed by atoms with E-state index < -0.39 is 4.92 Å². The fourth-order valence-electron chi connectivity index (χ4n) is 1.51. The Kier molecular flexibility index (Phi) is 3.91. The van der Waals surface area contributed by atoms with Gasteiger partial charge in [-0.05, 0) is 36.6 Å². The van der Waals surface area contributed by atoms with Crippen LogP contribution in [-0.4, -0.2) is 11.2 Å². The summed E-state index contributed by atoms with van der Waals surface area (Å²) in [6, 6.07) is 11.7. The van der Waals surface area contributed by atoms with Gasteiger partial charge in [0.25, 0.3) is 5.69 Å². The molecule has 98 valence electrons. The zero-order valence-corrected chi connectivity index (χ0v) is 11.0. The zero-order chi connectivity index (χ0) is 13.8. The highest BCUT2D eigenvalue weighted by Gasteiger charge is 2.10. The van der Waals surface area contributed by atoms with Gasteiger partial charge in [0.15, 0.2) is 5.75 Å².